The molecule has 0 spiro atoms. The van der Waals surface area contributed by atoms with Crippen LogP contribution in [0, 0.1) is 5.92 Å². The predicted octanol–water partition coefficient (Wildman–Crippen LogP) is 1.43. The summed E-state index contributed by atoms with van der Waals surface area (Å²) in [5.41, 5.74) is 0. The first-order valence-electron chi connectivity index (χ1n) is 6.28. The summed E-state index contributed by atoms with van der Waals surface area (Å²) >= 11 is 0. The Morgan fingerprint density at radius 1 is 1.27 bits per heavy atom. The number of hydrogen-bond acceptors (Lipinski definition) is 2. The Morgan fingerprint density at radius 3 is 2.53 bits per heavy atom. The maximum atomic E-state index is 11.6. The van der Waals surface area contributed by atoms with E-state index in [1.165, 1.54) is 38.5 Å². The molecule has 86 valence electrons. The van der Waals surface area contributed by atoms with Gasteiger partial charge in [-0.05, 0) is 38.5 Å². The van der Waals surface area contributed by atoms with E-state index in [0.717, 1.165) is 5.92 Å². The molecular weight excluding hydrogens is 188 g/mol. The van der Waals surface area contributed by atoms with Crippen molar-refractivity contribution in [2.75, 3.05) is 6.54 Å². The van der Waals surface area contributed by atoms with Crippen LogP contribution in [-0.4, -0.2) is 24.5 Å². The van der Waals surface area contributed by atoms with Crippen LogP contribution >= 0.6 is 0 Å². The molecule has 3 nitrogen and oxygen atoms in total. The summed E-state index contributed by atoms with van der Waals surface area (Å²) in [7, 11) is 0. The minimum absolute atomic E-state index is 0.168. The van der Waals surface area contributed by atoms with E-state index in [1.54, 1.807) is 0 Å². The highest BCUT2D eigenvalue weighted by Gasteiger charge is 2.24. The molecule has 15 heavy (non-hydrogen) atoms. The molecule has 0 aromatic heterocycles. The van der Waals surface area contributed by atoms with Gasteiger partial charge < -0.3 is 10.6 Å². The quantitative estimate of drug-likeness (QED) is 0.721. The third-order valence-corrected chi connectivity index (χ3v) is 3.62. The summed E-state index contributed by atoms with van der Waals surface area (Å²) in [5.74, 6) is 0.885. The molecule has 0 heterocycles. The summed E-state index contributed by atoms with van der Waals surface area (Å²) in [6.07, 6.45) is 7.74. The lowest BCUT2D eigenvalue weighted by Gasteiger charge is -2.20. The molecule has 0 saturated heterocycles. The molecule has 2 N–H and O–H groups in total. The fourth-order valence-electron chi connectivity index (χ4n) is 2.40. The normalized spacial score (nSPS) is 24.1. The van der Waals surface area contributed by atoms with Crippen molar-refractivity contribution in [2.45, 2.75) is 57.5 Å². The first-order chi connectivity index (χ1) is 7.25. The second-order valence-electron chi connectivity index (χ2n) is 5.06. The SMILES string of the molecule is C[C@@H](NC(=O)CNC1CC1)C1CCCC1. The van der Waals surface area contributed by atoms with Crippen LogP contribution in [0.2, 0.25) is 0 Å². The number of amides is 1. The standard InChI is InChI=1S/C12H22N2O/c1-9(10-4-2-3-5-10)14-12(15)8-13-11-6-7-11/h9-11,13H,2-8H2,1H3,(H,14,15)/t9-/m1/s1. The van der Waals surface area contributed by atoms with Crippen molar-refractivity contribution < 1.29 is 4.79 Å². The van der Waals surface area contributed by atoms with Crippen molar-refractivity contribution in [3.63, 3.8) is 0 Å². The minimum atomic E-state index is 0.168. The Kier molecular flexibility index (Phi) is 3.62. The van der Waals surface area contributed by atoms with Crippen molar-refractivity contribution >= 4 is 5.91 Å². The fourth-order valence-corrected chi connectivity index (χ4v) is 2.40. The average molecular weight is 210 g/mol. The van der Waals surface area contributed by atoms with Crippen LogP contribution in [0.5, 0.6) is 0 Å². The lowest BCUT2D eigenvalue weighted by molar-refractivity contribution is -0.121. The van der Waals surface area contributed by atoms with E-state index in [1.807, 2.05) is 0 Å². The molecule has 0 aromatic rings. The monoisotopic (exact) mass is 210 g/mol. The molecule has 2 aliphatic carbocycles. The topological polar surface area (TPSA) is 41.1 Å². The Labute approximate surface area is 92.0 Å². The molecular formula is C12H22N2O. The molecule has 2 rings (SSSR count). The van der Waals surface area contributed by atoms with Gasteiger partial charge >= 0.3 is 0 Å². The Balaban J connectivity index is 1.62. The number of carbonyl (C=O) groups excluding carboxylic acids is 1. The van der Waals surface area contributed by atoms with E-state index in [2.05, 4.69) is 17.6 Å². The summed E-state index contributed by atoms with van der Waals surface area (Å²) in [6, 6.07) is 0.985. The molecule has 1 atom stereocenters. The first-order valence-corrected chi connectivity index (χ1v) is 6.28. The van der Waals surface area contributed by atoms with Gasteiger partial charge in [0.15, 0.2) is 0 Å². The van der Waals surface area contributed by atoms with Crippen LogP contribution in [0.15, 0.2) is 0 Å². The number of nitrogens with one attached hydrogen (secondary N) is 2. The van der Waals surface area contributed by atoms with Crippen LogP contribution in [0.25, 0.3) is 0 Å². The van der Waals surface area contributed by atoms with Crippen LogP contribution in [-0.2, 0) is 4.79 Å². The van der Waals surface area contributed by atoms with Crippen molar-refractivity contribution in [2.24, 2.45) is 5.92 Å². The van der Waals surface area contributed by atoms with Gasteiger partial charge in [0.25, 0.3) is 0 Å². The van der Waals surface area contributed by atoms with Crippen LogP contribution in [0.1, 0.15) is 45.4 Å². The number of rotatable bonds is 5. The van der Waals surface area contributed by atoms with Gasteiger partial charge in [-0.15, -0.1) is 0 Å². The van der Waals surface area contributed by atoms with Crippen LogP contribution in [0.3, 0.4) is 0 Å². The van der Waals surface area contributed by atoms with E-state index in [9.17, 15) is 4.79 Å². The summed E-state index contributed by atoms with van der Waals surface area (Å²) < 4.78 is 0. The van der Waals surface area contributed by atoms with Gasteiger partial charge in [0.2, 0.25) is 5.91 Å². The molecule has 2 fully saturated rings. The van der Waals surface area contributed by atoms with Gasteiger partial charge in [-0.1, -0.05) is 12.8 Å². The number of hydrogen-bond donors (Lipinski definition) is 2. The highest BCUT2D eigenvalue weighted by Crippen LogP contribution is 2.27. The Hall–Kier alpha value is -0.570. The zero-order valence-corrected chi connectivity index (χ0v) is 9.59. The third kappa shape index (κ3) is 3.49. The van der Waals surface area contributed by atoms with Crippen molar-refractivity contribution in [1.82, 2.24) is 10.6 Å². The van der Waals surface area contributed by atoms with E-state index >= 15 is 0 Å². The highest BCUT2D eigenvalue weighted by molar-refractivity contribution is 5.78. The molecule has 0 aromatic carbocycles. The van der Waals surface area contributed by atoms with Crippen LogP contribution in [0.4, 0.5) is 0 Å². The van der Waals surface area contributed by atoms with Crippen LogP contribution < -0.4 is 10.6 Å². The molecule has 0 radical (unpaired) electrons. The smallest absolute Gasteiger partial charge is 0.234 e. The highest BCUT2D eigenvalue weighted by atomic mass is 16.1. The van der Waals surface area contributed by atoms with E-state index in [-0.39, 0.29) is 5.91 Å². The summed E-state index contributed by atoms with van der Waals surface area (Å²) in [5, 5.41) is 6.34. The van der Waals surface area contributed by atoms with Gasteiger partial charge in [-0.25, -0.2) is 0 Å². The zero-order valence-electron chi connectivity index (χ0n) is 9.59. The zero-order chi connectivity index (χ0) is 10.7. The Bertz CT molecular complexity index is 220. The first kappa shape index (κ1) is 10.9. The minimum Gasteiger partial charge on any atom is -0.352 e. The van der Waals surface area contributed by atoms with Gasteiger partial charge in [-0.3, -0.25) is 4.79 Å². The summed E-state index contributed by atoms with van der Waals surface area (Å²) in [6.45, 7) is 2.65. The molecule has 2 aliphatic rings. The van der Waals surface area contributed by atoms with Gasteiger partial charge in [0.1, 0.15) is 0 Å². The maximum absolute atomic E-state index is 11.6. The van der Waals surface area contributed by atoms with Gasteiger partial charge in [-0.2, -0.15) is 0 Å². The molecule has 3 heteroatoms. The van der Waals surface area contributed by atoms with E-state index in [4.69, 9.17) is 0 Å². The lowest BCUT2D eigenvalue weighted by Crippen LogP contribution is -2.42. The molecule has 1 amide bonds. The maximum Gasteiger partial charge on any atom is 0.234 e. The second-order valence-corrected chi connectivity index (χ2v) is 5.06. The third-order valence-electron chi connectivity index (χ3n) is 3.62. The van der Waals surface area contributed by atoms with Crippen molar-refractivity contribution in [3.05, 3.63) is 0 Å². The lowest BCUT2D eigenvalue weighted by atomic mass is 10.00. The molecule has 0 unspecified atom stereocenters. The second kappa shape index (κ2) is 4.97. The summed E-state index contributed by atoms with van der Waals surface area (Å²) in [4.78, 5) is 11.6. The molecule has 0 aliphatic heterocycles. The fraction of sp³-hybridized carbons (Fsp3) is 0.917. The largest absolute Gasteiger partial charge is 0.352 e. The Morgan fingerprint density at radius 2 is 1.93 bits per heavy atom. The van der Waals surface area contributed by atoms with E-state index < -0.39 is 0 Å². The predicted molar refractivity (Wildman–Crippen MR) is 60.6 cm³/mol. The van der Waals surface area contributed by atoms with Gasteiger partial charge in [0, 0.05) is 12.1 Å². The van der Waals surface area contributed by atoms with Crippen molar-refractivity contribution in [1.29, 1.82) is 0 Å². The van der Waals surface area contributed by atoms with Gasteiger partial charge in [0.05, 0.1) is 6.54 Å². The van der Waals surface area contributed by atoms with E-state index in [0.29, 0.717) is 18.6 Å². The molecule has 2 saturated carbocycles. The molecule has 0 bridgehead atoms. The number of carbonyl (C=O) groups is 1. The average Bonchev–Trinajstić information content (AvgIpc) is 2.87. The van der Waals surface area contributed by atoms with Crippen molar-refractivity contribution in [3.8, 4) is 0 Å².